The molecule has 0 spiro atoms. The minimum Gasteiger partial charge on any atom is -0.370 e. The summed E-state index contributed by atoms with van der Waals surface area (Å²) >= 11 is 2.01. The average molecular weight is 227 g/mol. The molecule has 0 amide bonds. The monoisotopic (exact) mass is 227 g/mol. The minimum absolute atomic E-state index is 0.508. The Kier molecular flexibility index (Phi) is 4.18. The SMILES string of the molecule is NC(=NC1CCCCC1)N1CCSCC1. The van der Waals surface area contributed by atoms with Crippen molar-refractivity contribution >= 4 is 17.7 Å². The molecular weight excluding hydrogens is 206 g/mol. The van der Waals surface area contributed by atoms with Gasteiger partial charge >= 0.3 is 0 Å². The largest absolute Gasteiger partial charge is 0.370 e. The zero-order chi connectivity index (χ0) is 10.5. The van der Waals surface area contributed by atoms with Crippen LogP contribution in [0, 0.1) is 0 Å². The number of nitrogens with zero attached hydrogens (tertiary/aromatic N) is 2. The van der Waals surface area contributed by atoms with Gasteiger partial charge in [0.25, 0.3) is 0 Å². The standard InChI is InChI=1S/C11H21N3S/c12-11(14-6-8-15-9-7-14)13-10-4-2-1-3-5-10/h10H,1-9H2,(H2,12,13). The Balaban J connectivity index is 1.86. The van der Waals surface area contributed by atoms with Gasteiger partial charge in [-0.3, -0.25) is 0 Å². The van der Waals surface area contributed by atoms with Gasteiger partial charge < -0.3 is 10.6 Å². The lowest BCUT2D eigenvalue weighted by atomic mass is 9.96. The van der Waals surface area contributed by atoms with Crippen molar-refractivity contribution in [3.05, 3.63) is 0 Å². The smallest absolute Gasteiger partial charge is 0.191 e. The highest BCUT2D eigenvalue weighted by Gasteiger charge is 2.16. The van der Waals surface area contributed by atoms with Gasteiger partial charge in [-0.15, -0.1) is 0 Å². The summed E-state index contributed by atoms with van der Waals surface area (Å²) in [5, 5.41) is 0. The highest BCUT2D eigenvalue weighted by molar-refractivity contribution is 7.99. The summed E-state index contributed by atoms with van der Waals surface area (Å²) in [7, 11) is 0. The summed E-state index contributed by atoms with van der Waals surface area (Å²) in [6.45, 7) is 2.15. The summed E-state index contributed by atoms with van der Waals surface area (Å²) in [5.41, 5.74) is 6.05. The molecule has 0 aromatic carbocycles. The van der Waals surface area contributed by atoms with E-state index in [9.17, 15) is 0 Å². The topological polar surface area (TPSA) is 41.6 Å². The van der Waals surface area contributed by atoms with Crippen molar-refractivity contribution in [2.75, 3.05) is 24.6 Å². The number of guanidine groups is 1. The molecule has 0 bridgehead atoms. The van der Waals surface area contributed by atoms with Crippen LogP contribution in [0.1, 0.15) is 32.1 Å². The molecule has 1 aliphatic heterocycles. The lowest BCUT2D eigenvalue weighted by molar-refractivity contribution is 0.419. The third-order valence-electron chi connectivity index (χ3n) is 3.22. The maximum absolute atomic E-state index is 6.05. The summed E-state index contributed by atoms with van der Waals surface area (Å²) in [4.78, 5) is 6.91. The third-order valence-corrected chi connectivity index (χ3v) is 4.17. The Morgan fingerprint density at radius 1 is 1.13 bits per heavy atom. The van der Waals surface area contributed by atoms with Crippen LogP contribution in [0.4, 0.5) is 0 Å². The van der Waals surface area contributed by atoms with Gasteiger partial charge in [0, 0.05) is 24.6 Å². The second kappa shape index (κ2) is 5.64. The Morgan fingerprint density at radius 2 is 1.80 bits per heavy atom. The predicted molar refractivity (Wildman–Crippen MR) is 67.4 cm³/mol. The minimum atomic E-state index is 0.508. The van der Waals surface area contributed by atoms with Crippen molar-refractivity contribution in [1.82, 2.24) is 4.90 Å². The Morgan fingerprint density at radius 3 is 2.47 bits per heavy atom. The number of hydrogen-bond acceptors (Lipinski definition) is 2. The summed E-state index contributed by atoms with van der Waals surface area (Å²) in [5.74, 6) is 3.18. The molecular formula is C11H21N3S. The number of rotatable bonds is 1. The van der Waals surface area contributed by atoms with E-state index in [1.165, 1.54) is 43.6 Å². The van der Waals surface area contributed by atoms with Gasteiger partial charge in [-0.25, -0.2) is 4.99 Å². The maximum Gasteiger partial charge on any atom is 0.191 e. The number of thioether (sulfide) groups is 1. The fourth-order valence-corrected chi connectivity index (χ4v) is 3.17. The zero-order valence-corrected chi connectivity index (χ0v) is 10.1. The molecule has 4 heteroatoms. The van der Waals surface area contributed by atoms with Crippen molar-refractivity contribution in [3.8, 4) is 0 Å². The molecule has 2 fully saturated rings. The van der Waals surface area contributed by atoms with Gasteiger partial charge in [0.2, 0.25) is 0 Å². The van der Waals surface area contributed by atoms with Crippen molar-refractivity contribution in [1.29, 1.82) is 0 Å². The quantitative estimate of drug-likeness (QED) is 0.547. The zero-order valence-electron chi connectivity index (χ0n) is 9.32. The predicted octanol–water partition coefficient (Wildman–Crippen LogP) is 1.68. The molecule has 0 atom stereocenters. The van der Waals surface area contributed by atoms with Gasteiger partial charge in [-0.1, -0.05) is 19.3 Å². The molecule has 1 saturated heterocycles. The van der Waals surface area contributed by atoms with Crippen LogP contribution in [0.3, 0.4) is 0 Å². The van der Waals surface area contributed by atoms with E-state index in [1.54, 1.807) is 0 Å². The van der Waals surface area contributed by atoms with Crippen LogP contribution in [0.2, 0.25) is 0 Å². The van der Waals surface area contributed by atoms with E-state index in [-0.39, 0.29) is 0 Å². The molecule has 2 rings (SSSR count). The lowest BCUT2D eigenvalue weighted by Crippen LogP contribution is -2.43. The van der Waals surface area contributed by atoms with Gasteiger partial charge in [-0.2, -0.15) is 11.8 Å². The average Bonchev–Trinajstić information content (AvgIpc) is 2.31. The first-order valence-electron chi connectivity index (χ1n) is 6.02. The first-order chi connectivity index (χ1) is 7.36. The fraction of sp³-hybridized carbons (Fsp3) is 0.909. The third kappa shape index (κ3) is 3.30. The van der Waals surface area contributed by atoms with Gasteiger partial charge in [0.1, 0.15) is 0 Å². The van der Waals surface area contributed by atoms with Crippen molar-refractivity contribution in [2.24, 2.45) is 10.7 Å². The van der Waals surface area contributed by atoms with Crippen molar-refractivity contribution in [3.63, 3.8) is 0 Å². The Hall–Kier alpha value is -0.380. The van der Waals surface area contributed by atoms with Crippen LogP contribution in [-0.4, -0.2) is 41.5 Å². The van der Waals surface area contributed by atoms with Crippen LogP contribution < -0.4 is 5.73 Å². The summed E-state index contributed by atoms with van der Waals surface area (Å²) < 4.78 is 0. The van der Waals surface area contributed by atoms with E-state index >= 15 is 0 Å². The van der Waals surface area contributed by atoms with Gasteiger partial charge in [0.15, 0.2) is 5.96 Å². The molecule has 15 heavy (non-hydrogen) atoms. The normalized spacial score (nSPS) is 25.6. The highest BCUT2D eigenvalue weighted by atomic mass is 32.2. The molecule has 3 nitrogen and oxygen atoms in total. The van der Waals surface area contributed by atoms with Gasteiger partial charge in [0.05, 0.1) is 6.04 Å². The van der Waals surface area contributed by atoms with Crippen LogP contribution in [0.15, 0.2) is 4.99 Å². The molecule has 0 aromatic heterocycles. The van der Waals surface area contributed by atoms with Crippen molar-refractivity contribution in [2.45, 2.75) is 38.1 Å². The molecule has 86 valence electrons. The fourth-order valence-electron chi connectivity index (χ4n) is 2.27. The Labute approximate surface area is 96.5 Å². The molecule has 2 N–H and O–H groups in total. The van der Waals surface area contributed by atoms with Crippen LogP contribution in [0.5, 0.6) is 0 Å². The molecule has 1 saturated carbocycles. The molecule has 1 aliphatic carbocycles. The van der Waals surface area contributed by atoms with E-state index in [0.717, 1.165) is 19.0 Å². The van der Waals surface area contributed by atoms with Crippen molar-refractivity contribution < 1.29 is 0 Å². The van der Waals surface area contributed by atoms with Crippen LogP contribution >= 0.6 is 11.8 Å². The van der Waals surface area contributed by atoms with Crippen LogP contribution in [0.25, 0.3) is 0 Å². The summed E-state index contributed by atoms with van der Waals surface area (Å²) in [6.07, 6.45) is 6.52. The first kappa shape index (κ1) is 11.1. The van der Waals surface area contributed by atoms with Crippen LogP contribution in [-0.2, 0) is 0 Å². The van der Waals surface area contributed by atoms with Gasteiger partial charge in [-0.05, 0) is 12.8 Å². The molecule has 0 unspecified atom stereocenters. The highest BCUT2D eigenvalue weighted by Crippen LogP contribution is 2.20. The van der Waals surface area contributed by atoms with E-state index < -0.39 is 0 Å². The first-order valence-corrected chi connectivity index (χ1v) is 7.18. The second-order valence-corrected chi connectivity index (χ2v) is 5.60. The maximum atomic E-state index is 6.05. The summed E-state index contributed by atoms with van der Waals surface area (Å²) in [6, 6.07) is 0.508. The molecule has 2 aliphatic rings. The van der Waals surface area contributed by atoms with E-state index in [0.29, 0.717) is 6.04 Å². The molecule has 0 aromatic rings. The Bertz CT molecular complexity index is 218. The lowest BCUT2D eigenvalue weighted by Gasteiger charge is -2.28. The molecule has 1 heterocycles. The number of aliphatic imine (C=N–C) groups is 1. The van der Waals surface area contributed by atoms with E-state index in [4.69, 9.17) is 5.73 Å². The van der Waals surface area contributed by atoms with E-state index in [2.05, 4.69) is 9.89 Å². The second-order valence-electron chi connectivity index (χ2n) is 4.38. The number of nitrogens with two attached hydrogens (primary N) is 1. The molecule has 0 radical (unpaired) electrons. The van der Waals surface area contributed by atoms with E-state index in [1.807, 2.05) is 11.8 Å². The number of hydrogen-bond donors (Lipinski definition) is 1.